The molecule has 0 heterocycles. The zero-order chi connectivity index (χ0) is 19.4. The lowest BCUT2D eigenvalue weighted by atomic mass is 9.79. The third-order valence-electron chi connectivity index (χ3n) is 6.94. The highest BCUT2D eigenvalue weighted by atomic mass is 16.1. The molecule has 0 aromatic heterocycles. The second kappa shape index (κ2) is 9.17. The molecule has 27 heavy (non-hydrogen) atoms. The van der Waals surface area contributed by atoms with Crippen LogP contribution in [0.2, 0.25) is 0 Å². The number of ketones is 2. The first-order valence-electron chi connectivity index (χ1n) is 11.1. The lowest BCUT2D eigenvalue weighted by Crippen LogP contribution is -2.17. The first kappa shape index (κ1) is 20.3. The fourth-order valence-corrected chi connectivity index (χ4v) is 4.93. The first-order chi connectivity index (χ1) is 12.9. The van der Waals surface area contributed by atoms with Crippen LogP contribution in [0.1, 0.15) is 104 Å². The van der Waals surface area contributed by atoms with Crippen LogP contribution in [0.3, 0.4) is 0 Å². The maximum absolute atomic E-state index is 12.8. The Labute approximate surface area is 165 Å². The van der Waals surface area contributed by atoms with E-state index in [2.05, 4.69) is 13.8 Å². The predicted octanol–water partition coefficient (Wildman–Crippen LogP) is 6.79. The van der Waals surface area contributed by atoms with E-state index >= 15 is 0 Å². The summed E-state index contributed by atoms with van der Waals surface area (Å²) in [6.07, 6.45) is 11.0. The van der Waals surface area contributed by atoms with Gasteiger partial charge in [0, 0.05) is 24.0 Å². The van der Waals surface area contributed by atoms with Crippen LogP contribution >= 0.6 is 0 Å². The molecule has 148 valence electrons. The van der Waals surface area contributed by atoms with Gasteiger partial charge in [-0.3, -0.25) is 9.59 Å². The van der Waals surface area contributed by atoms with Crippen LogP contribution in [0, 0.1) is 30.6 Å². The van der Waals surface area contributed by atoms with Gasteiger partial charge in [-0.2, -0.15) is 0 Å². The minimum atomic E-state index is 0.221. The Kier molecular flexibility index (Phi) is 6.89. The highest BCUT2D eigenvalue weighted by molar-refractivity contribution is 6.01. The van der Waals surface area contributed by atoms with E-state index < -0.39 is 0 Å². The number of benzene rings is 1. The van der Waals surface area contributed by atoms with Crippen LogP contribution in [0.5, 0.6) is 0 Å². The molecule has 0 bridgehead atoms. The Hall–Kier alpha value is -1.44. The van der Waals surface area contributed by atoms with Crippen molar-refractivity contribution in [1.29, 1.82) is 0 Å². The average Bonchev–Trinajstić information content (AvgIpc) is 2.65. The topological polar surface area (TPSA) is 34.1 Å². The zero-order valence-electron chi connectivity index (χ0n) is 17.4. The van der Waals surface area contributed by atoms with Crippen molar-refractivity contribution < 1.29 is 9.59 Å². The minimum Gasteiger partial charge on any atom is -0.294 e. The summed E-state index contributed by atoms with van der Waals surface area (Å²) in [6.45, 7) is 6.62. The van der Waals surface area contributed by atoms with Crippen molar-refractivity contribution in [1.82, 2.24) is 0 Å². The molecular formula is C25H36O2. The number of carbonyl (C=O) groups is 2. The number of aryl methyl sites for hydroxylation is 1. The molecule has 0 amide bonds. The van der Waals surface area contributed by atoms with Crippen LogP contribution in [0.4, 0.5) is 0 Å². The monoisotopic (exact) mass is 368 g/mol. The fraction of sp³-hybridized carbons (Fsp3) is 0.680. The SMILES string of the molecule is Cc1cc(C(=O)CC2CCC(C)CC2)cc(C(=O)CC2CCC(C)CC2)c1. The Morgan fingerprint density at radius 3 is 1.44 bits per heavy atom. The summed E-state index contributed by atoms with van der Waals surface area (Å²) in [6, 6.07) is 5.80. The van der Waals surface area contributed by atoms with Gasteiger partial charge in [0.1, 0.15) is 0 Å². The molecule has 0 spiro atoms. The molecule has 2 heteroatoms. The second-order valence-electron chi connectivity index (χ2n) is 9.59. The molecule has 2 nitrogen and oxygen atoms in total. The molecule has 0 N–H and O–H groups in total. The maximum Gasteiger partial charge on any atom is 0.163 e. The molecule has 1 aromatic carbocycles. The van der Waals surface area contributed by atoms with E-state index in [-0.39, 0.29) is 11.6 Å². The van der Waals surface area contributed by atoms with Crippen LogP contribution in [-0.4, -0.2) is 11.6 Å². The molecule has 0 radical (unpaired) electrons. The van der Waals surface area contributed by atoms with Gasteiger partial charge in [0.15, 0.2) is 11.6 Å². The lowest BCUT2D eigenvalue weighted by Gasteiger charge is -2.26. The smallest absolute Gasteiger partial charge is 0.163 e. The average molecular weight is 369 g/mol. The standard InChI is InChI=1S/C25H36O2/c1-17-4-8-20(9-5-17)14-24(26)22-12-19(3)13-23(16-22)25(27)15-21-10-6-18(2)7-11-21/h12-13,16-18,20-21H,4-11,14-15H2,1-3H3. The number of hydrogen-bond donors (Lipinski definition) is 0. The summed E-state index contributed by atoms with van der Waals surface area (Å²) >= 11 is 0. The van der Waals surface area contributed by atoms with E-state index in [1.165, 1.54) is 51.4 Å². The van der Waals surface area contributed by atoms with Gasteiger partial charge in [-0.25, -0.2) is 0 Å². The van der Waals surface area contributed by atoms with Crippen LogP contribution < -0.4 is 0 Å². The van der Waals surface area contributed by atoms with E-state index in [1.54, 1.807) is 0 Å². The maximum atomic E-state index is 12.8. The molecule has 0 unspecified atom stereocenters. The van der Waals surface area contributed by atoms with Gasteiger partial charge in [-0.15, -0.1) is 0 Å². The van der Waals surface area contributed by atoms with Gasteiger partial charge in [0.05, 0.1) is 0 Å². The van der Waals surface area contributed by atoms with Crippen LogP contribution in [0.25, 0.3) is 0 Å². The molecular weight excluding hydrogens is 332 g/mol. The Bertz CT molecular complexity index is 605. The molecule has 0 saturated heterocycles. The number of carbonyl (C=O) groups excluding carboxylic acids is 2. The molecule has 0 atom stereocenters. The van der Waals surface area contributed by atoms with Gasteiger partial charge in [-0.1, -0.05) is 39.5 Å². The first-order valence-corrected chi connectivity index (χ1v) is 11.1. The molecule has 2 saturated carbocycles. The number of rotatable bonds is 6. The third kappa shape index (κ3) is 5.77. The Morgan fingerprint density at radius 1 is 0.704 bits per heavy atom. The van der Waals surface area contributed by atoms with E-state index in [4.69, 9.17) is 0 Å². The van der Waals surface area contributed by atoms with Crippen LogP contribution in [0.15, 0.2) is 18.2 Å². The van der Waals surface area contributed by atoms with Gasteiger partial charge in [0.2, 0.25) is 0 Å². The highest BCUT2D eigenvalue weighted by Gasteiger charge is 2.24. The Morgan fingerprint density at radius 2 is 1.07 bits per heavy atom. The predicted molar refractivity (Wildman–Crippen MR) is 111 cm³/mol. The number of hydrogen-bond acceptors (Lipinski definition) is 2. The zero-order valence-corrected chi connectivity index (χ0v) is 17.4. The minimum absolute atomic E-state index is 0.221. The van der Waals surface area contributed by atoms with E-state index in [9.17, 15) is 9.59 Å². The third-order valence-corrected chi connectivity index (χ3v) is 6.94. The van der Waals surface area contributed by atoms with Crippen molar-refractivity contribution in [3.63, 3.8) is 0 Å². The fourth-order valence-electron chi connectivity index (χ4n) is 4.93. The molecule has 1 aromatic rings. The van der Waals surface area contributed by atoms with E-state index in [0.29, 0.717) is 24.7 Å². The van der Waals surface area contributed by atoms with Gasteiger partial charge in [0.25, 0.3) is 0 Å². The Balaban J connectivity index is 1.62. The lowest BCUT2D eigenvalue weighted by molar-refractivity contribution is 0.0943. The quantitative estimate of drug-likeness (QED) is 0.518. The second-order valence-corrected chi connectivity index (χ2v) is 9.59. The summed E-state index contributed by atoms with van der Waals surface area (Å²) in [4.78, 5) is 25.7. The van der Waals surface area contributed by atoms with Crippen molar-refractivity contribution in [2.75, 3.05) is 0 Å². The summed E-state index contributed by atoms with van der Waals surface area (Å²) in [5.41, 5.74) is 2.52. The van der Waals surface area contributed by atoms with Crippen molar-refractivity contribution in [2.45, 2.75) is 85.0 Å². The summed E-state index contributed by atoms with van der Waals surface area (Å²) < 4.78 is 0. The largest absolute Gasteiger partial charge is 0.294 e. The van der Waals surface area contributed by atoms with Crippen molar-refractivity contribution in [2.24, 2.45) is 23.7 Å². The summed E-state index contributed by atoms with van der Waals surface area (Å²) in [5, 5.41) is 0. The highest BCUT2D eigenvalue weighted by Crippen LogP contribution is 2.33. The van der Waals surface area contributed by atoms with Gasteiger partial charge in [-0.05, 0) is 80.0 Å². The van der Waals surface area contributed by atoms with E-state index in [0.717, 1.165) is 28.5 Å². The van der Waals surface area contributed by atoms with Crippen molar-refractivity contribution in [3.8, 4) is 0 Å². The van der Waals surface area contributed by atoms with Gasteiger partial charge >= 0.3 is 0 Å². The normalized spacial score (nSPS) is 28.7. The van der Waals surface area contributed by atoms with Gasteiger partial charge < -0.3 is 0 Å². The van der Waals surface area contributed by atoms with E-state index in [1.807, 2.05) is 25.1 Å². The molecule has 2 fully saturated rings. The number of Topliss-reactive ketones (excluding diaryl/α,β-unsaturated/α-hetero) is 2. The molecule has 3 rings (SSSR count). The molecule has 2 aliphatic carbocycles. The van der Waals surface area contributed by atoms with Crippen molar-refractivity contribution >= 4 is 11.6 Å². The van der Waals surface area contributed by atoms with Crippen LogP contribution in [-0.2, 0) is 0 Å². The van der Waals surface area contributed by atoms with Crippen molar-refractivity contribution in [3.05, 3.63) is 34.9 Å². The summed E-state index contributed by atoms with van der Waals surface area (Å²) in [5.74, 6) is 3.11. The molecule has 2 aliphatic rings. The summed E-state index contributed by atoms with van der Waals surface area (Å²) in [7, 11) is 0. The molecule has 0 aliphatic heterocycles.